The maximum Gasteiger partial charge on any atom is 0.319 e. The zero-order chi connectivity index (χ0) is 17.0. The lowest BCUT2D eigenvalue weighted by atomic mass is 9.89. The molecule has 8 heteroatoms. The van der Waals surface area contributed by atoms with Crippen molar-refractivity contribution in [1.29, 1.82) is 0 Å². The molecule has 2 amide bonds. The average molecular weight is 342 g/mol. The van der Waals surface area contributed by atoms with Gasteiger partial charge in [-0.3, -0.25) is 4.68 Å². The second kappa shape index (κ2) is 7.33. The molecule has 7 nitrogen and oxygen atoms in total. The number of nitrogens with one attached hydrogen (secondary N) is 2. The van der Waals surface area contributed by atoms with Crippen molar-refractivity contribution in [3.05, 3.63) is 11.9 Å². The van der Waals surface area contributed by atoms with Gasteiger partial charge in [0.1, 0.15) is 9.84 Å². The van der Waals surface area contributed by atoms with Crippen LogP contribution in [0.15, 0.2) is 6.20 Å². The first kappa shape index (κ1) is 17.8. The number of aryl methyl sites for hydroxylation is 2. The van der Waals surface area contributed by atoms with E-state index < -0.39 is 9.84 Å². The van der Waals surface area contributed by atoms with Crippen LogP contribution >= 0.6 is 0 Å². The van der Waals surface area contributed by atoms with Crippen LogP contribution in [0.3, 0.4) is 0 Å². The van der Waals surface area contributed by atoms with Crippen molar-refractivity contribution in [3.8, 4) is 0 Å². The Morgan fingerprint density at radius 3 is 2.57 bits per heavy atom. The van der Waals surface area contributed by atoms with Crippen molar-refractivity contribution in [3.63, 3.8) is 0 Å². The van der Waals surface area contributed by atoms with E-state index in [-0.39, 0.29) is 11.3 Å². The molecule has 2 N–H and O–H groups in total. The van der Waals surface area contributed by atoms with E-state index in [2.05, 4.69) is 15.7 Å². The van der Waals surface area contributed by atoms with Gasteiger partial charge in [0.2, 0.25) is 0 Å². The van der Waals surface area contributed by atoms with E-state index in [1.165, 1.54) is 6.26 Å². The van der Waals surface area contributed by atoms with E-state index in [1.807, 2.05) is 14.0 Å². The number of hydrogen-bond acceptors (Lipinski definition) is 4. The SMILES string of the molecule is CCc1nn(C)cc1NC(=O)NCC1CCC(S(C)(=O)=O)CC1. The lowest BCUT2D eigenvalue weighted by Gasteiger charge is -2.27. The third kappa shape index (κ3) is 4.95. The van der Waals surface area contributed by atoms with Crippen LogP contribution in [0.25, 0.3) is 0 Å². The molecule has 1 aliphatic carbocycles. The Morgan fingerprint density at radius 2 is 2.00 bits per heavy atom. The Morgan fingerprint density at radius 1 is 1.35 bits per heavy atom. The lowest BCUT2D eigenvalue weighted by molar-refractivity contribution is 0.247. The summed E-state index contributed by atoms with van der Waals surface area (Å²) in [6.45, 7) is 2.57. The Labute approximate surface area is 137 Å². The van der Waals surface area contributed by atoms with Gasteiger partial charge in [0, 0.05) is 26.0 Å². The van der Waals surface area contributed by atoms with Gasteiger partial charge in [-0.2, -0.15) is 5.10 Å². The summed E-state index contributed by atoms with van der Waals surface area (Å²) in [7, 11) is -1.11. The van der Waals surface area contributed by atoms with Crippen molar-refractivity contribution in [2.75, 3.05) is 18.1 Å². The van der Waals surface area contributed by atoms with Gasteiger partial charge in [0.25, 0.3) is 0 Å². The average Bonchev–Trinajstić information content (AvgIpc) is 2.84. The summed E-state index contributed by atoms with van der Waals surface area (Å²) < 4.78 is 24.8. The first-order valence-electron chi connectivity index (χ1n) is 8.05. The molecule has 0 aromatic carbocycles. The molecule has 23 heavy (non-hydrogen) atoms. The van der Waals surface area contributed by atoms with E-state index in [0.717, 1.165) is 30.6 Å². The van der Waals surface area contributed by atoms with Crippen molar-refractivity contribution >= 4 is 21.6 Å². The van der Waals surface area contributed by atoms with E-state index in [1.54, 1.807) is 10.9 Å². The number of amides is 2. The van der Waals surface area contributed by atoms with Crippen LogP contribution in [0.2, 0.25) is 0 Å². The predicted molar refractivity (Wildman–Crippen MR) is 90.2 cm³/mol. The van der Waals surface area contributed by atoms with Crippen LogP contribution in [-0.4, -0.2) is 42.3 Å². The first-order chi connectivity index (χ1) is 10.8. The number of anilines is 1. The van der Waals surface area contributed by atoms with Gasteiger partial charge >= 0.3 is 6.03 Å². The number of carbonyl (C=O) groups is 1. The third-order valence-corrected chi connectivity index (χ3v) is 6.12. The lowest BCUT2D eigenvalue weighted by Crippen LogP contribution is -2.36. The molecule has 0 spiro atoms. The van der Waals surface area contributed by atoms with Gasteiger partial charge in [-0.05, 0) is 38.0 Å². The van der Waals surface area contributed by atoms with Crippen molar-refractivity contribution in [2.24, 2.45) is 13.0 Å². The summed E-state index contributed by atoms with van der Waals surface area (Å²) in [5.41, 5.74) is 1.59. The minimum atomic E-state index is -2.94. The summed E-state index contributed by atoms with van der Waals surface area (Å²) in [5.74, 6) is 0.346. The number of sulfone groups is 1. The highest BCUT2D eigenvalue weighted by Gasteiger charge is 2.27. The molecule has 0 saturated heterocycles. The highest BCUT2D eigenvalue weighted by molar-refractivity contribution is 7.91. The fourth-order valence-electron chi connectivity index (χ4n) is 3.07. The minimum absolute atomic E-state index is 0.213. The zero-order valence-corrected chi connectivity index (χ0v) is 14.8. The van der Waals surface area contributed by atoms with Gasteiger partial charge in [0.15, 0.2) is 0 Å². The van der Waals surface area contributed by atoms with E-state index in [0.29, 0.717) is 25.3 Å². The van der Waals surface area contributed by atoms with Crippen LogP contribution in [0.5, 0.6) is 0 Å². The molecular weight excluding hydrogens is 316 g/mol. The van der Waals surface area contributed by atoms with Crippen LogP contribution < -0.4 is 10.6 Å². The summed E-state index contributed by atoms with van der Waals surface area (Å²) in [6, 6.07) is -0.238. The summed E-state index contributed by atoms with van der Waals surface area (Å²) in [4.78, 5) is 12.0. The maximum absolute atomic E-state index is 12.0. The second-order valence-corrected chi connectivity index (χ2v) is 8.65. The highest BCUT2D eigenvalue weighted by atomic mass is 32.2. The predicted octanol–water partition coefficient (Wildman–Crippen LogP) is 1.71. The molecule has 1 saturated carbocycles. The molecule has 1 fully saturated rings. The number of urea groups is 1. The zero-order valence-electron chi connectivity index (χ0n) is 14.0. The van der Waals surface area contributed by atoms with Gasteiger partial charge in [-0.15, -0.1) is 0 Å². The molecule has 0 atom stereocenters. The molecular formula is C15H26N4O3S. The summed E-state index contributed by atoms with van der Waals surface area (Å²) >= 11 is 0. The van der Waals surface area contributed by atoms with Gasteiger partial charge < -0.3 is 10.6 Å². The first-order valence-corrected chi connectivity index (χ1v) is 10.0. The van der Waals surface area contributed by atoms with Crippen LogP contribution in [0.1, 0.15) is 38.3 Å². The Hall–Kier alpha value is -1.57. The molecule has 0 aliphatic heterocycles. The topological polar surface area (TPSA) is 93.1 Å². The van der Waals surface area contributed by atoms with Crippen LogP contribution in [0.4, 0.5) is 10.5 Å². The summed E-state index contributed by atoms with van der Waals surface area (Å²) in [6.07, 6.45) is 6.91. The molecule has 1 aromatic heterocycles. The molecule has 0 unspecified atom stereocenters. The van der Waals surface area contributed by atoms with Crippen molar-refractivity contribution in [1.82, 2.24) is 15.1 Å². The van der Waals surface area contributed by atoms with Crippen LogP contribution in [-0.2, 0) is 23.3 Å². The van der Waals surface area contributed by atoms with E-state index >= 15 is 0 Å². The van der Waals surface area contributed by atoms with Crippen molar-refractivity contribution < 1.29 is 13.2 Å². The third-order valence-electron chi connectivity index (χ3n) is 4.44. The molecule has 1 aliphatic rings. The van der Waals surface area contributed by atoms with Crippen molar-refractivity contribution in [2.45, 2.75) is 44.3 Å². The number of hydrogen-bond donors (Lipinski definition) is 2. The molecule has 0 bridgehead atoms. The molecule has 2 rings (SSSR count). The highest BCUT2D eigenvalue weighted by Crippen LogP contribution is 2.27. The monoisotopic (exact) mass is 342 g/mol. The minimum Gasteiger partial charge on any atom is -0.338 e. The number of aromatic nitrogens is 2. The standard InChI is InChI=1S/C15H26N4O3S/c1-4-13-14(10-19(2)18-13)17-15(20)16-9-11-5-7-12(8-6-11)23(3,21)22/h10-12H,4-9H2,1-3H3,(H2,16,17,20). The van der Waals surface area contributed by atoms with E-state index in [9.17, 15) is 13.2 Å². The van der Waals surface area contributed by atoms with Crippen LogP contribution in [0, 0.1) is 5.92 Å². The van der Waals surface area contributed by atoms with Gasteiger partial charge in [-0.25, -0.2) is 13.2 Å². The number of rotatable bonds is 5. The number of nitrogens with zero attached hydrogens (tertiary/aromatic N) is 2. The fraction of sp³-hybridized carbons (Fsp3) is 0.733. The Balaban J connectivity index is 1.77. The van der Waals surface area contributed by atoms with Gasteiger partial charge in [-0.1, -0.05) is 6.92 Å². The molecule has 1 heterocycles. The largest absolute Gasteiger partial charge is 0.338 e. The quantitative estimate of drug-likeness (QED) is 0.852. The molecule has 130 valence electrons. The van der Waals surface area contributed by atoms with Gasteiger partial charge in [0.05, 0.1) is 16.6 Å². The normalized spacial score (nSPS) is 21.9. The second-order valence-electron chi connectivity index (χ2n) is 6.32. The summed E-state index contributed by atoms with van der Waals surface area (Å²) in [5, 5.41) is 9.77. The Bertz CT molecular complexity index is 646. The maximum atomic E-state index is 12.0. The molecule has 1 aromatic rings. The molecule has 0 radical (unpaired) electrons. The number of carbonyl (C=O) groups excluding carboxylic acids is 1. The smallest absolute Gasteiger partial charge is 0.319 e. The van der Waals surface area contributed by atoms with E-state index in [4.69, 9.17) is 0 Å². The fourth-order valence-corrected chi connectivity index (χ4v) is 4.20. The Kier molecular flexibility index (Phi) is 5.67.